The minimum Gasteiger partial charge on any atom is -0.481 e. The monoisotopic (exact) mass is 327 g/mol. The van der Waals surface area contributed by atoms with Gasteiger partial charge in [-0.2, -0.15) is 0 Å². The standard InChI is InChI=1S/C10H17NO7S2/c12-10(13)8-5-18-6-9(8)11-20(16,17)7-1-3-19(14,15)4-2-7/h7-9,11H,1-6H2,(H,12,13). The maximum absolute atomic E-state index is 12.2. The van der Waals surface area contributed by atoms with Gasteiger partial charge >= 0.3 is 5.97 Å². The largest absolute Gasteiger partial charge is 0.481 e. The number of carboxylic acid groups (broad SMARTS) is 1. The Bertz CT molecular complexity index is 569. The molecule has 2 atom stereocenters. The van der Waals surface area contributed by atoms with Crippen molar-refractivity contribution in [2.45, 2.75) is 24.1 Å². The Balaban J connectivity index is 2.03. The lowest BCUT2D eigenvalue weighted by Gasteiger charge is -2.24. The number of rotatable bonds is 4. The Hall–Kier alpha value is -0.710. The Morgan fingerprint density at radius 1 is 1.20 bits per heavy atom. The summed E-state index contributed by atoms with van der Waals surface area (Å²) in [4.78, 5) is 11.0. The van der Waals surface area contributed by atoms with Crippen molar-refractivity contribution in [2.24, 2.45) is 5.92 Å². The molecule has 0 aliphatic carbocycles. The average molecular weight is 327 g/mol. The van der Waals surface area contributed by atoms with Crippen molar-refractivity contribution in [3.8, 4) is 0 Å². The van der Waals surface area contributed by atoms with E-state index >= 15 is 0 Å². The van der Waals surface area contributed by atoms with Crippen LogP contribution in [0.5, 0.6) is 0 Å². The van der Waals surface area contributed by atoms with Crippen LogP contribution in [-0.2, 0) is 29.4 Å². The summed E-state index contributed by atoms with van der Waals surface area (Å²) in [5.41, 5.74) is 0. The van der Waals surface area contributed by atoms with Gasteiger partial charge in [0.15, 0.2) is 0 Å². The second-order valence-corrected chi connectivity index (χ2v) is 9.40. The molecule has 2 aliphatic heterocycles. The molecule has 2 saturated heterocycles. The smallest absolute Gasteiger partial charge is 0.310 e. The first-order chi connectivity index (χ1) is 9.21. The Morgan fingerprint density at radius 2 is 1.80 bits per heavy atom. The Morgan fingerprint density at radius 3 is 2.35 bits per heavy atom. The highest BCUT2D eigenvalue weighted by molar-refractivity contribution is 7.92. The van der Waals surface area contributed by atoms with Crippen LogP contribution in [0.25, 0.3) is 0 Å². The maximum Gasteiger partial charge on any atom is 0.310 e. The van der Waals surface area contributed by atoms with E-state index in [1.807, 2.05) is 0 Å². The zero-order chi connectivity index (χ0) is 15.0. The van der Waals surface area contributed by atoms with E-state index in [9.17, 15) is 21.6 Å². The van der Waals surface area contributed by atoms with Gasteiger partial charge in [-0.25, -0.2) is 21.6 Å². The molecular weight excluding hydrogens is 310 g/mol. The molecule has 0 aromatic rings. The fourth-order valence-electron chi connectivity index (χ4n) is 2.40. The van der Waals surface area contributed by atoms with Crippen LogP contribution < -0.4 is 4.72 Å². The van der Waals surface area contributed by atoms with E-state index in [-0.39, 0.29) is 37.6 Å². The van der Waals surface area contributed by atoms with Crippen molar-refractivity contribution in [3.05, 3.63) is 0 Å². The van der Waals surface area contributed by atoms with Crippen LogP contribution in [0.2, 0.25) is 0 Å². The molecule has 8 nitrogen and oxygen atoms in total. The fraction of sp³-hybridized carbons (Fsp3) is 0.900. The number of sulfone groups is 1. The average Bonchev–Trinajstić information content (AvgIpc) is 2.75. The van der Waals surface area contributed by atoms with Crippen molar-refractivity contribution in [3.63, 3.8) is 0 Å². The summed E-state index contributed by atoms with van der Waals surface area (Å²) in [7, 11) is -6.88. The third-order valence-corrected chi connectivity index (χ3v) is 7.35. The first kappa shape index (κ1) is 15.7. The van der Waals surface area contributed by atoms with Gasteiger partial charge in [0.05, 0.1) is 41.9 Å². The molecule has 10 heteroatoms. The third kappa shape index (κ3) is 3.48. The van der Waals surface area contributed by atoms with E-state index in [4.69, 9.17) is 9.84 Å². The summed E-state index contributed by atoms with van der Waals surface area (Å²) < 4.78 is 54.3. The topological polar surface area (TPSA) is 127 Å². The van der Waals surface area contributed by atoms with Crippen LogP contribution in [0.3, 0.4) is 0 Å². The molecule has 2 N–H and O–H groups in total. The molecule has 0 spiro atoms. The molecule has 116 valence electrons. The van der Waals surface area contributed by atoms with Gasteiger partial charge in [-0.05, 0) is 12.8 Å². The predicted molar refractivity (Wildman–Crippen MR) is 69.5 cm³/mol. The second kappa shape index (κ2) is 5.58. The van der Waals surface area contributed by atoms with Gasteiger partial charge in [-0.3, -0.25) is 4.79 Å². The van der Waals surface area contributed by atoms with Gasteiger partial charge in [0.2, 0.25) is 10.0 Å². The van der Waals surface area contributed by atoms with Crippen molar-refractivity contribution in [1.82, 2.24) is 4.72 Å². The zero-order valence-corrected chi connectivity index (χ0v) is 12.3. The molecule has 2 heterocycles. The van der Waals surface area contributed by atoms with E-state index < -0.39 is 43.0 Å². The van der Waals surface area contributed by atoms with Gasteiger partial charge < -0.3 is 9.84 Å². The number of aliphatic carboxylic acids is 1. The molecule has 0 bridgehead atoms. The molecule has 0 radical (unpaired) electrons. The second-order valence-electron chi connectivity index (χ2n) is 5.10. The van der Waals surface area contributed by atoms with Crippen LogP contribution in [-0.4, -0.2) is 63.9 Å². The summed E-state index contributed by atoms with van der Waals surface area (Å²) in [6.07, 6.45) is 0.0892. The van der Waals surface area contributed by atoms with Gasteiger partial charge in [-0.15, -0.1) is 0 Å². The Kier molecular flexibility index (Phi) is 4.38. The highest BCUT2D eigenvalue weighted by Gasteiger charge is 2.40. The molecule has 0 amide bonds. The highest BCUT2D eigenvalue weighted by Crippen LogP contribution is 2.21. The van der Waals surface area contributed by atoms with E-state index in [0.717, 1.165) is 0 Å². The molecular formula is C10H17NO7S2. The molecule has 0 aromatic heterocycles. The molecule has 2 fully saturated rings. The predicted octanol–water partition coefficient (Wildman–Crippen LogP) is -1.42. The van der Waals surface area contributed by atoms with Crippen molar-refractivity contribution in [2.75, 3.05) is 24.7 Å². The molecule has 2 aliphatic rings. The maximum atomic E-state index is 12.2. The quantitative estimate of drug-likeness (QED) is 0.649. The number of sulfonamides is 1. The first-order valence-corrected chi connectivity index (χ1v) is 9.60. The summed E-state index contributed by atoms with van der Waals surface area (Å²) in [5, 5.41) is 8.17. The van der Waals surface area contributed by atoms with Crippen molar-refractivity contribution in [1.29, 1.82) is 0 Å². The lowest BCUT2D eigenvalue weighted by Crippen LogP contribution is -2.48. The zero-order valence-electron chi connectivity index (χ0n) is 10.7. The van der Waals surface area contributed by atoms with Gasteiger partial charge in [0.25, 0.3) is 0 Å². The number of carbonyl (C=O) groups is 1. The Labute approximate surface area is 117 Å². The van der Waals surface area contributed by atoms with Crippen LogP contribution in [0, 0.1) is 5.92 Å². The third-order valence-electron chi connectivity index (χ3n) is 3.65. The molecule has 0 aromatic carbocycles. The summed E-state index contributed by atoms with van der Waals surface area (Å²) >= 11 is 0. The fourth-order valence-corrected chi connectivity index (χ4v) is 5.89. The van der Waals surface area contributed by atoms with Crippen LogP contribution >= 0.6 is 0 Å². The van der Waals surface area contributed by atoms with E-state index in [0.29, 0.717) is 0 Å². The minimum absolute atomic E-state index is 0.0151. The molecule has 20 heavy (non-hydrogen) atoms. The number of hydrogen-bond donors (Lipinski definition) is 2. The van der Waals surface area contributed by atoms with Crippen LogP contribution in [0.15, 0.2) is 0 Å². The van der Waals surface area contributed by atoms with E-state index in [2.05, 4.69) is 4.72 Å². The number of nitrogens with one attached hydrogen (secondary N) is 1. The van der Waals surface area contributed by atoms with E-state index in [1.54, 1.807) is 0 Å². The van der Waals surface area contributed by atoms with E-state index in [1.165, 1.54) is 0 Å². The van der Waals surface area contributed by atoms with Crippen molar-refractivity contribution >= 4 is 25.8 Å². The molecule has 0 saturated carbocycles. The summed E-state index contributed by atoms with van der Waals surface area (Å²) in [5.74, 6) is -2.32. The summed E-state index contributed by atoms with van der Waals surface area (Å²) in [6.45, 7) is -0.0111. The minimum atomic E-state index is -3.74. The molecule has 2 rings (SSSR count). The lowest BCUT2D eigenvalue weighted by molar-refractivity contribution is -0.142. The molecule has 2 unspecified atom stereocenters. The van der Waals surface area contributed by atoms with Gasteiger partial charge in [-0.1, -0.05) is 0 Å². The first-order valence-electron chi connectivity index (χ1n) is 6.23. The number of ether oxygens (including phenoxy) is 1. The van der Waals surface area contributed by atoms with Crippen molar-refractivity contribution < 1.29 is 31.5 Å². The lowest BCUT2D eigenvalue weighted by atomic mass is 10.1. The number of hydrogen-bond acceptors (Lipinski definition) is 6. The normalized spacial score (nSPS) is 31.2. The highest BCUT2D eigenvalue weighted by atomic mass is 32.2. The summed E-state index contributed by atoms with van der Waals surface area (Å²) in [6, 6.07) is -0.795. The van der Waals surface area contributed by atoms with Crippen LogP contribution in [0.1, 0.15) is 12.8 Å². The van der Waals surface area contributed by atoms with Crippen LogP contribution in [0.4, 0.5) is 0 Å². The van der Waals surface area contributed by atoms with Gasteiger partial charge in [0.1, 0.15) is 9.84 Å². The number of carboxylic acids is 1. The van der Waals surface area contributed by atoms with Gasteiger partial charge in [0, 0.05) is 0 Å². The SMILES string of the molecule is O=C(O)C1COCC1NS(=O)(=O)C1CCS(=O)(=O)CC1.